The van der Waals surface area contributed by atoms with Crippen LogP contribution < -0.4 is 14.2 Å². The highest BCUT2D eigenvalue weighted by molar-refractivity contribution is 5.88. The van der Waals surface area contributed by atoms with Crippen LogP contribution in [0.4, 0.5) is 0 Å². The lowest BCUT2D eigenvalue weighted by Crippen LogP contribution is -2.45. The molecule has 102 heavy (non-hydrogen) atoms. The van der Waals surface area contributed by atoms with Crippen molar-refractivity contribution >= 4 is 53.9 Å². The third kappa shape index (κ3) is 35.5. The highest BCUT2D eigenvalue weighted by Crippen LogP contribution is 2.31. The van der Waals surface area contributed by atoms with Crippen LogP contribution in [0.5, 0.6) is 17.2 Å². The Kier molecular flexibility index (Phi) is 42.6. The van der Waals surface area contributed by atoms with Gasteiger partial charge in [-0.3, -0.25) is 14.4 Å². The van der Waals surface area contributed by atoms with Crippen molar-refractivity contribution in [2.24, 2.45) is 34.0 Å². The summed E-state index contributed by atoms with van der Waals surface area (Å²) in [6, 6.07) is 23.1. The van der Waals surface area contributed by atoms with Gasteiger partial charge >= 0.3 is 17.9 Å². The molecular formula is C87H135N3O12. The van der Waals surface area contributed by atoms with E-state index in [-0.39, 0.29) is 51.9 Å². The molecule has 0 atom stereocenters. The fourth-order valence-electron chi connectivity index (χ4n) is 12.5. The number of unbranched alkanes of at least 4 members (excludes halogenated alkanes) is 14. The SMILES string of the molecule is CCC(C)(C)C(=O)N1CCC(CCOC(=O)/C=C/c2ccc(OC)cc2)CC1.CCCCCCCCCCCCOc1ccc(/C=C/C(=O)OCCC2CCN(C(=O)C(C)(C)CC)CC2)cc1.CCCCCCCCOc1ccc(/C=C/C(=O)OCCC2CCN(C(=O)C(C)(C)CC)CC2)cc1. The van der Waals surface area contributed by atoms with E-state index < -0.39 is 0 Å². The van der Waals surface area contributed by atoms with Gasteiger partial charge in [-0.25, -0.2) is 14.4 Å². The predicted molar refractivity (Wildman–Crippen MR) is 416 cm³/mol. The molecule has 3 fully saturated rings. The van der Waals surface area contributed by atoms with Gasteiger partial charge in [0, 0.05) is 73.7 Å². The summed E-state index contributed by atoms with van der Waals surface area (Å²) in [5, 5.41) is 0. The standard InChI is InChI=1S/C34H55NO4.C30H47NO4.C23H33NO4/c1-5-7-8-9-10-11-12-13-14-15-27-38-31-19-16-29(17-20-31)18-21-32(36)39-28-24-30-22-25-35(26-23-30)33(37)34(3,4)6-2;1-5-7-8-9-10-11-23-34-27-15-12-25(13-16-27)14-17-28(32)35-24-20-26-18-21-31(22-19-26)29(33)30(3,4)6-2;1-5-23(2,3)22(26)24-15-12-19(13-16-24)14-17-28-21(25)11-8-18-6-9-20(27-4)10-7-18/h16-21,30H,5-15,22-28H2,1-4H3;12-17,26H,5-11,18-24H2,1-4H3;6-11,19H,5,12-17H2,1-4H3/b21-18+;17-14+;11-8+. The number of piperidine rings is 3. The molecule has 3 aliphatic rings. The van der Waals surface area contributed by atoms with Crippen LogP contribution in [0, 0.1) is 34.0 Å². The molecule has 15 nitrogen and oxygen atoms in total. The van der Waals surface area contributed by atoms with Gasteiger partial charge in [-0.2, -0.15) is 0 Å². The van der Waals surface area contributed by atoms with Crippen LogP contribution in [-0.4, -0.2) is 130 Å². The van der Waals surface area contributed by atoms with Crippen molar-refractivity contribution in [1.82, 2.24) is 14.7 Å². The Balaban J connectivity index is 0.000000328. The van der Waals surface area contributed by atoms with Crippen molar-refractivity contribution in [3.63, 3.8) is 0 Å². The van der Waals surface area contributed by atoms with Crippen LogP contribution in [0.1, 0.15) is 273 Å². The van der Waals surface area contributed by atoms with Crippen LogP contribution in [0.3, 0.4) is 0 Å². The first-order valence-corrected chi connectivity index (χ1v) is 39.6. The normalized spacial score (nSPS) is 15.0. The second-order valence-corrected chi connectivity index (χ2v) is 30.3. The number of hydrogen-bond acceptors (Lipinski definition) is 12. The number of rotatable bonds is 42. The molecule has 0 spiro atoms. The summed E-state index contributed by atoms with van der Waals surface area (Å²) in [6.45, 7) is 30.4. The van der Waals surface area contributed by atoms with E-state index in [2.05, 4.69) is 34.6 Å². The molecule has 3 aromatic rings. The molecule has 0 radical (unpaired) electrons. The van der Waals surface area contributed by atoms with Crippen molar-refractivity contribution in [3.05, 3.63) is 108 Å². The Morgan fingerprint density at radius 2 is 0.598 bits per heavy atom. The number of ether oxygens (including phenoxy) is 6. The minimum absolute atomic E-state index is 0.253. The van der Waals surface area contributed by atoms with Gasteiger partial charge in [-0.15, -0.1) is 0 Å². The second-order valence-electron chi connectivity index (χ2n) is 30.3. The fourth-order valence-corrected chi connectivity index (χ4v) is 12.5. The van der Waals surface area contributed by atoms with E-state index in [1.54, 1.807) is 25.3 Å². The van der Waals surface area contributed by atoms with Gasteiger partial charge in [-0.05, 0) is 179 Å². The van der Waals surface area contributed by atoms with Crippen molar-refractivity contribution in [3.8, 4) is 17.2 Å². The number of hydrogen-bond donors (Lipinski definition) is 0. The van der Waals surface area contributed by atoms with E-state index in [1.165, 1.54) is 108 Å². The van der Waals surface area contributed by atoms with Crippen LogP contribution in [-0.2, 0) is 43.0 Å². The molecule has 0 N–H and O–H groups in total. The molecule has 0 saturated carbocycles. The molecule has 0 aliphatic carbocycles. The summed E-state index contributed by atoms with van der Waals surface area (Å²) in [5.41, 5.74) is 1.97. The van der Waals surface area contributed by atoms with Gasteiger partial charge in [-0.1, -0.05) is 202 Å². The average molecular weight is 1420 g/mol. The third-order valence-electron chi connectivity index (χ3n) is 21.0. The zero-order chi connectivity index (χ0) is 74.4. The first kappa shape index (κ1) is 87.5. The van der Waals surface area contributed by atoms with Gasteiger partial charge in [0.15, 0.2) is 0 Å². The van der Waals surface area contributed by atoms with E-state index >= 15 is 0 Å². The molecule has 3 aliphatic heterocycles. The number of carbonyl (C=O) groups is 6. The largest absolute Gasteiger partial charge is 0.497 e. The predicted octanol–water partition coefficient (Wildman–Crippen LogP) is 20.0. The van der Waals surface area contributed by atoms with Crippen LogP contribution in [0.15, 0.2) is 91.0 Å². The number of methoxy groups -OCH3 is 1. The van der Waals surface area contributed by atoms with Crippen LogP contribution in [0.25, 0.3) is 18.2 Å². The van der Waals surface area contributed by atoms with E-state index in [0.29, 0.717) is 37.6 Å². The summed E-state index contributed by atoms with van der Waals surface area (Å²) in [6.07, 6.45) is 41.4. The smallest absolute Gasteiger partial charge is 0.330 e. The molecule has 570 valence electrons. The lowest BCUT2D eigenvalue weighted by Gasteiger charge is -2.36. The van der Waals surface area contributed by atoms with Crippen molar-refractivity contribution in [1.29, 1.82) is 0 Å². The van der Waals surface area contributed by atoms with Crippen LogP contribution >= 0.6 is 0 Å². The Labute approximate surface area is 617 Å². The first-order chi connectivity index (χ1) is 49.1. The summed E-state index contributed by atoms with van der Waals surface area (Å²) in [7, 11) is 1.62. The van der Waals surface area contributed by atoms with E-state index in [0.717, 1.165) is 176 Å². The number of nitrogens with zero attached hydrogens (tertiary/aromatic N) is 3. The quantitative estimate of drug-likeness (QED) is 0.0228. The van der Waals surface area contributed by atoms with E-state index in [1.807, 2.05) is 129 Å². The van der Waals surface area contributed by atoms with Gasteiger partial charge in [0.05, 0.1) is 40.1 Å². The molecule has 3 heterocycles. The topological polar surface area (TPSA) is 168 Å². The molecule has 3 aromatic carbocycles. The maximum Gasteiger partial charge on any atom is 0.330 e. The number of likely N-dealkylation sites (tertiary alicyclic amines) is 3. The minimum Gasteiger partial charge on any atom is -0.497 e. The highest BCUT2D eigenvalue weighted by atomic mass is 16.5. The highest BCUT2D eigenvalue weighted by Gasteiger charge is 2.35. The summed E-state index contributed by atoms with van der Waals surface area (Å²) in [5.74, 6) is 3.85. The zero-order valence-electron chi connectivity index (χ0n) is 65.4. The summed E-state index contributed by atoms with van der Waals surface area (Å²) in [4.78, 5) is 79.9. The fraction of sp³-hybridized carbons (Fsp3) is 0.655. The molecule has 3 amide bonds. The van der Waals surface area contributed by atoms with Gasteiger partial charge in [0.1, 0.15) is 17.2 Å². The number of amides is 3. The van der Waals surface area contributed by atoms with Crippen LogP contribution in [0.2, 0.25) is 0 Å². The Hall–Kier alpha value is -6.90. The molecule has 15 heteroatoms. The van der Waals surface area contributed by atoms with Crippen molar-refractivity contribution in [2.75, 3.05) is 79.4 Å². The second kappa shape index (κ2) is 49.7. The third-order valence-corrected chi connectivity index (χ3v) is 21.0. The maximum absolute atomic E-state index is 12.6. The molecule has 0 bridgehead atoms. The van der Waals surface area contributed by atoms with Gasteiger partial charge in [0.25, 0.3) is 0 Å². The summed E-state index contributed by atoms with van der Waals surface area (Å²) >= 11 is 0. The van der Waals surface area contributed by atoms with E-state index in [4.69, 9.17) is 28.4 Å². The molecular weight excluding hydrogens is 1280 g/mol. The average Bonchev–Trinajstić information content (AvgIpc) is 0.852. The first-order valence-electron chi connectivity index (χ1n) is 39.6. The molecule has 6 rings (SSSR count). The number of benzene rings is 3. The van der Waals surface area contributed by atoms with E-state index in [9.17, 15) is 28.8 Å². The number of esters is 3. The minimum atomic E-state index is -0.326. The lowest BCUT2D eigenvalue weighted by atomic mass is 9.86. The van der Waals surface area contributed by atoms with Crippen molar-refractivity contribution in [2.45, 2.75) is 256 Å². The lowest BCUT2D eigenvalue weighted by molar-refractivity contribution is -0.143. The monoisotopic (exact) mass is 1410 g/mol. The molecule has 3 saturated heterocycles. The maximum atomic E-state index is 12.6. The number of carbonyl (C=O) groups excluding carboxylic acids is 6. The van der Waals surface area contributed by atoms with Gasteiger partial charge < -0.3 is 43.1 Å². The van der Waals surface area contributed by atoms with Crippen molar-refractivity contribution < 1.29 is 57.2 Å². The molecule has 0 unspecified atom stereocenters. The van der Waals surface area contributed by atoms with Gasteiger partial charge in [0.2, 0.25) is 17.7 Å². The Morgan fingerprint density at radius 3 is 0.843 bits per heavy atom. The Morgan fingerprint density at radius 1 is 0.353 bits per heavy atom. The Bertz CT molecular complexity index is 2910. The molecule has 0 aromatic heterocycles. The summed E-state index contributed by atoms with van der Waals surface area (Å²) < 4.78 is 33.0. The zero-order valence-corrected chi connectivity index (χ0v) is 65.4.